The van der Waals surface area contributed by atoms with Gasteiger partial charge in [-0.3, -0.25) is 14.4 Å². The molecule has 1 fully saturated rings. The van der Waals surface area contributed by atoms with Gasteiger partial charge in [-0.05, 0) is 48.2 Å². The molecule has 3 heterocycles. The fourth-order valence-electron chi connectivity index (χ4n) is 6.88. The van der Waals surface area contributed by atoms with Gasteiger partial charge < -0.3 is 9.64 Å². The Morgan fingerprint density at radius 3 is 2.40 bits per heavy atom. The summed E-state index contributed by atoms with van der Waals surface area (Å²) < 4.78 is 6.07. The van der Waals surface area contributed by atoms with Crippen LogP contribution >= 0.6 is 22.9 Å². The number of carbonyl (C=O) groups is 3. The molecule has 7 rings (SSSR count). The van der Waals surface area contributed by atoms with Crippen LogP contribution in [0.1, 0.15) is 54.4 Å². The number of hydrogen-bond acceptors (Lipinski definition) is 6. The van der Waals surface area contributed by atoms with Gasteiger partial charge in [0.15, 0.2) is 17.3 Å². The number of anilines is 1. The number of thiophene rings is 1. The third-order valence-electron chi connectivity index (χ3n) is 8.35. The van der Waals surface area contributed by atoms with E-state index in [1.807, 2.05) is 71.8 Å². The highest BCUT2D eigenvalue weighted by Crippen LogP contribution is 2.62. The number of benzene rings is 3. The van der Waals surface area contributed by atoms with Crippen molar-refractivity contribution in [3.8, 4) is 5.75 Å². The monoisotopic (exact) mass is 565 g/mol. The summed E-state index contributed by atoms with van der Waals surface area (Å²) in [6, 6.07) is 22.1. The Hall–Kier alpha value is -4.00. The lowest BCUT2D eigenvalue weighted by atomic mass is 9.64. The van der Waals surface area contributed by atoms with Crippen molar-refractivity contribution in [1.29, 1.82) is 0 Å². The zero-order valence-electron chi connectivity index (χ0n) is 21.5. The Balaban J connectivity index is 1.57. The first-order valence-electron chi connectivity index (χ1n) is 13.2. The van der Waals surface area contributed by atoms with Gasteiger partial charge in [0.25, 0.3) is 0 Å². The smallest absolute Gasteiger partial charge is 0.195 e. The fraction of sp³-hybridized carbons (Fsp3) is 0.182. The van der Waals surface area contributed by atoms with E-state index in [9.17, 15) is 14.4 Å². The van der Waals surface area contributed by atoms with Gasteiger partial charge in [0.2, 0.25) is 0 Å². The van der Waals surface area contributed by atoms with Crippen LogP contribution in [-0.2, 0) is 0 Å². The van der Waals surface area contributed by atoms with E-state index >= 15 is 0 Å². The standard InChI is InChI=1S/C33H24ClNO4S/c1-2-39-25-11-6-5-10-23(25)28-29(30(36)26-12-7-17-40-26)35-24-15-14-20(34)18-19(24)13-16-27(35)33(28)31(37)21-8-3-4-9-22(21)32(33)38/h3-18,27-29H,2H2,1H3/t27-,28-,29-/m1/s1. The number of para-hydroxylation sites is 1. The summed E-state index contributed by atoms with van der Waals surface area (Å²) in [6.07, 6.45) is 3.81. The molecule has 0 saturated carbocycles. The molecule has 3 aromatic carbocycles. The molecule has 2 aliphatic heterocycles. The lowest BCUT2D eigenvalue weighted by molar-refractivity contribution is 0.0664. The molecule has 5 nitrogen and oxygen atoms in total. The molecule has 0 bridgehead atoms. The van der Waals surface area contributed by atoms with Crippen LogP contribution in [0.5, 0.6) is 5.75 Å². The minimum atomic E-state index is -1.57. The predicted molar refractivity (Wildman–Crippen MR) is 157 cm³/mol. The average molecular weight is 566 g/mol. The number of ether oxygens (including phenoxy) is 1. The minimum Gasteiger partial charge on any atom is -0.494 e. The minimum absolute atomic E-state index is 0.138. The lowest BCUT2D eigenvalue weighted by Crippen LogP contribution is -2.48. The quantitative estimate of drug-likeness (QED) is 0.190. The number of carbonyl (C=O) groups excluding carboxylic acids is 3. The van der Waals surface area contributed by atoms with Crippen molar-refractivity contribution < 1.29 is 19.1 Å². The lowest BCUT2D eigenvalue weighted by Gasteiger charge is -2.37. The second kappa shape index (κ2) is 9.29. The first-order chi connectivity index (χ1) is 19.5. The van der Waals surface area contributed by atoms with E-state index in [2.05, 4.69) is 0 Å². The predicted octanol–water partition coefficient (Wildman–Crippen LogP) is 7.12. The van der Waals surface area contributed by atoms with Crippen LogP contribution in [0.15, 0.2) is 90.3 Å². The Kier molecular flexibility index (Phi) is 5.81. The average Bonchev–Trinajstić information content (AvgIpc) is 3.67. The zero-order valence-corrected chi connectivity index (χ0v) is 23.1. The maximum absolute atomic E-state index is 14.7. The Morgan fingerprint density at radius 1 is 0.975 bits per heavy atom. The van der Waals surface area contributed by atoms with E-state index in [1.54, 1.807) is 36.4 Å². The molecule has 1 aromatic heterocycles. The second-order valence-electron chi connectivity index (χ2n) is 10.2. The van der Waals surface area contributed by atoms with E-state index in [0.29, 0.717) is 38.9 Å². The number of Topliss-reactive ketones (excluding diaryl/α,β-unsaturated/α-hetero) is 3. The molecule has 1 spiro atoms. The van der Waals surface area contributed by atoms with Crippen molar-refractivity contribution >= 4 is 52.1 Å². The molecule has 40 heavy (non-hydrogen) atoms. The van der Waals surface area contributed by atoms with Crippen LogP contribution in [-0.4, -0.2) is 36.0 Å². The van der Waals surface area contributed by atoms with Crippen molar-refractivity contribution in [1.82, 2.24) is 0 Å². The highest BCUT2D eigenvalue weighted by atomic mass is 35.5. The number of halogens is 1. The van der Waals surface area contributed by atoms with E-state index in [4.69, 9.17) is 16.3 Å². The summed E-state index contributed by atoms with van der Waals surface area (Å²) in [4.78, 5) is 46.5. The SMILES string of the molecule is CCOc1ccccc1[C@@H]1[C@H](C(=O)c2cccs2)N2c3ccc(Cl)cc3C=C[C@@H]2C12C(=O)c1ccccc1C2=O. The van der Waals surface area contributed by atoms with Gasteiger partial charge in [0.05, 0.1) is 17.5 Å². The van der Waals surface area contributed by atoms with E-state index < -0.39 is 23.4 Å². The molecule has 0 amide bonds. The van der Waals surface area contributed by atoms with Gasteiger partial charge in [0.1, 0.15) is 17.2 Å². The molecule has 1 saturated heterocycles. The molecule has 0 unspecified atom stereocenters. The number of ketones is 3. The van der Waals surface area contributed by atoms with Crippen LogP contribution in [0.3, 0.4) is 0 Å². The van der Waals surface area contributed by atoms with Crippen LogP contribution < -0.4 is 9.64 Å². The van der Waals surface area contributed by atoms with Crippen LogP contribution in [0, 0.1) is 5.41 Å². The summed E-state index contributed by atoms with van der Waals surface area (Å²) in [5, 5.41) is 2.43. The fourth-order valence-corrected chi connectivity index (χ4v) is 7.76. The van der Waals surface area contributed by atoms with E-state index in [1.165, 1.54) is 11.3 Å². The van der Waals surface area contributed by atoms with Crippen molar-refractivity contribution in [3.63, 3.8) is 0 Å². The molecule has 4 aromatic rings. The highest BCUT2D eigenvalue weighted by Gasteiger charge is 2.72. The van der Waals surface area contributed by atoms with Crippen LogP contribution in [0.4, 0.5) is 5.69 Å². The molecule has 3 aliphatic rings. The van der Waals surface area contributed by atoms with Crippen LogP contribution in [0.25, 0.3) is 6.08 Å². The normalized spacial score (nSPS) is 21.9. The van der Waals surface area contributed by atoms with Crippen LogP contribution in [0.2, 0.25) is 5.02 Å². The number of hydrogen-bond donors (Lipinski definition) is 0. The van der Waals surface area contributed by atoms with Gasteiger partial charge in [0, 0.05) is 33.3 Å². The van der Waals surface area contributed by atoms with Gasteiger partial charge in [-0.2, -0.15) is 0 Å². The van der Waals surface area contributed by atoms with E-state index in [-0.39, 0.29) is 17.3 Å². The van der Waals surface area contributed by atoms with Gasteiger partial charge in [-0.15, -0.1) is 11.3 Å². The summed E-state index contributed by atoms with van der Waals surface area (Å²) in [5.74, 6) is -0.907. The van der Waals surface area contributed by atoms with Crippen molar-refractivity contribution in [2.75, 3.05) is 11.5 Å². The molecule has 7 heteroatoms. The molecule has 198 valence electrons. The summed E-state index contributed by atoms with van der Waals surface area (Å²) in [6.45, 7) is 2.29. The number of nitrogens with zero attached hydrogens (tertiary/aromatic N) is 1. The second-order valence-corrected chi connectivity index (χ2v) is 11.6. The summed E-state index contributed by atoms with van der Waals surface area (Å²) >= 11 is 7.72. The van der Waals surface area contributed by atoms with Crippen molar-refractivity contribution in [2.45, 2.75) is 24.9 Å². The van der Waals surface area contributed by atoms with Crippen molar-refractivity contribution in [2.24, 2.45) is 5.41 Å². The molecule has 0 N–H and O–H groups in total. The molecule has 0 radical (unpaired) electrons. The summed E-state index contributed by atoms with van der Waals surface area (Å²) in [7, 11) is 0. The van der Waals surface area contributed by atoms with Gasteiger partial charge in [-0.1, -0.05) is 72.3 Å². The Bertz CT molecular complexity index is 1690. The first kappa shape index (κ1) is 25.0. The van der Waals surface area contributed by atoms with Crippen molar-refractivity contribution in [3.05, 3.63) is 122 Å². The Morgan fingerprint density at radius 2 is 1.70 bits per heavy atom. The van der Waals surface area contributed by atoms with Gasteiger partial charge in [-0.25, -0.2) is 0 Å². The molecular weight excluding hydrogens is 542 g/mol. The first-order valence-corrected chi connectivity index (χ1v) is 14.5. The molecule has 3 atom stereocenters. The zero-order chi connectivity index (χ0) is 27.6. The number of rotatable bonds is 5. The maximum atomic E-state index is 14.7. The number of fused-ring (bicyclic) bond motifs is 5. The highest BCUT2D eigenvalue weighted by molar-refractivity contribution is 7.12. The largest absolute Gasteiger partial charge is 0.494 e. The third kappa shape index (κ3) is 3.30. The third-order valence-corrected chi connectivity index (χ3v) is 9.47. The maximum Gasteiger partial charge on any atom is 0.195 e. The Labute approximate surface area is 240 Å². The van der Waals surface area contributed by atoms with Gasteiger partial charge >= 0.3 is 0 Å². The van der Waals surface area contributed by atoms with E-state index in [0.717, 1.165) is 11.3 Å². The molecular formula is C33H24ClNO4S. The molecule has 1 aliphatic carbocycles. The summed E-state index contributed by atoms with van der Waals surface area (Å²) in [5.41, 5.74) is 1.49. The topological polar surface area (TPSA) is 63.7 Å².